The molecule has 92 valence electrons. The number of nitrogens with zero attached hydrogens (tertiary/aromatic N) is 1. The molecule has 0 aliphatic heterocycles. The number of anilines is 1. The molecule has 0 aliphatic rings. The number of hydrogen-bond donors (Lipinski definition) is 2. The third-order valence-corrected chi connectivity index (χ3v) is 3.07. The van der Waals surface area contributed by atoms with Gasteiger partial charge in [0.1, 0.15) is 17.4 Å². The first kappa shape index (κ1) is 13.8. The summed E-state index contributed by atoms with van der Waals surface area (Å²) in [4.78, 5) is 0. The van der Waals surface area contributed by atoms with E-state index in [1.165, 1.54) is 6.07 Å². The maximum absolute atomic E-state index is 13.4. The SMILES string of the molecule is CSCC(CCO)Nc1cccc(F)c1C#N. The molecule has 17 heavy (non-hydrogen) atoms. The summed E-state index contributed by atoms with van der Waals surface area (Å²) >= 11 is 1.64. The molecule has 0 saturated carbocycles. The standard InChI is InChI=1S/C12H15FN2OS/c1-17-8-9(5-6-16)15-12-4-2-3-11(13)10(12)7-14/h2-4,9,15-16H,5-6,8H2,1H3. The second-order valence-electron chi connectivity index (χ2n) is 3.58. The Morgan fingerprint density at radius 2 is 2.35 bits per heavy atom. The van der Waals surface area contributed by atoms with Gasteiger partial charge in [-0.3, -0.25) is 0 Å². The van der Waals surface area contributed by atoms with E-state index in [0.717, 1.165) is 5.75 Å². The van der Waals surface area contributed by atoms with Gasteiger partial charge in [0.25, 0.3) is 0 Å². The highest BCUT2D eigenvalue weighted by atomic mass is 32.2. The largest absolute Gasteiger partial charge is 0.396 e. The summed E-state index contributed by atoms with van der Waals surface area (Å²) in [6.45, 7) is 0.0649. The molecule has 5 heteroatoms. The normalized spacial score (nSPS) is 11.9. The van der Waals surface area contributed by atoms with Gasteiger partial charge in [0, 0.05) is 18.4 Å². The second-order valence-corrected chi connectivity index (χ2v) is 4.49. The number of halogens is 1. The Morgan fingerprint density at radius 1 is 1.59 bits per heavy atom. The van der Waals surface area contributed by atoms with Crippen molar-refractivity contribution < 1.29 is 9.50 Å². The van der Waals surface area contributed by atoms with Crippen LogP contribution >= 0.6 is 11.8 Å². The van der Waals surface area contributed by atoms with Crippen molar-refractivity contribution in [2.75, 3.05) is 23.9 Å². The zero-order valence-corrected chi connectivity index (χ0v) is 10.4. The number of rotatable bonds is 6. The molecule has 0 amide bonds. The number of benzene rings is 1. The van der Waals surface area contributed by atoms with Gasteiger partial charge in [-0.05, 0) is 24.8 Å². The average molecular weight is 254 g/mol. The first-order valence-corrected chi connectivity index (χ1v) is 6.67. The van der Waals surface area contributed by atoms with Gasteiger partial charge in [-0.25, -0.2) is 4.39 Å². The fourth-order valence-electron chi connectivity index (χ4n) is 1.53. The van der Waals surface area contributed by atoms with Crippen LogP contribution in [0.15, 0.2) is 18.2 Å². The highest BCUT2D eigenvalue weighted by Crippen LogP contribution is 2.20. The first-order chi connectivity index (χ1) is 8.22. The Labute approximate surface area is 105 Å². The predicted molar refractivity (Wildman–Crippen MR) is 68.6 cm³/mol. The topological polar surface area (TPSA) is 56.0 Å². The van der Waals surface area contributed by atoms with E-state index in [1.54, 1.807) is 23.9 Å². The highest BCUT2D eigenvalue weighted by Gasteiger charge is 2.12. The van der Waals surface area contributed by atoms with Crippen molar-refractivity contribution in [1.82, 2.24) is 0 Å². The van der Waals surface area contributed by atoms with Crippen LogP contribution in [0.5, 0.6) is 0 Å². The third-order valence-electron chi connectivity index (χ3n) is 2.33. The van der Waals surface area contributed by atoms with Crippen LogP contribution in [0.3, 0.4) is 0 Å². The molecule has 0 heterocycles. The van der Waals surface area contributed by atoms with E-state index in [0.29, 0.717) is 12.1 Å². The van der Waals surface area contributed by atoms with Crippen molar-refractivity contribution in [3.05, 3.63) is 29.6 Å². The summed E-state index contributed by atoms with van der Waals surface area (Å²) in [5.41, 5.74) is 0.511. The minimum Gasteiger partial charge on any atom is -0.396 e. The van der Waals surface area contributed by atoms with Crippen molar-refractivity contribution in [3.8, 4) is 6.07 Å². The number of aliphatic hydroxyl groups excluding tert-OH is 1. The van der Waals surface area contributed by atoms with E-state index in [4.69, 9.17) is 10.4 Å². The molecule has 0 saturated heterocycles. The van der Waals surface area contributed by atoms with Crippen LogP contribution in [0, 0.1) is 17.1 Å². The molecule has 1 aromatic rings. The highest BCUT2D eigenvalue weighted by molar-refractivity contribution is 7.98. The van der Waals surface area contributed by atoms with E-state index in [2.05, 4.69) is 5.32 Å². The number of thioether (sulfide) groups is 1. The number of aliphatic hydroxyl groups is 1. The van der Waals surface area contributed by atoms with Crippen LogP contribution < -0.4 is 5.32 Å². The molecule has 1 unspecified atom stereocenters. The van der Waals surface area contributed by atoms with E-state index in [9.17, 15) is 4.39 Å². The van der Waals surface area contributed by atoms with Crippen molar-refractivity contribution in [2.45, 2.75) is 12.5 Å². The molecular weight excluding hydrogens is 239 g/mol. The first-order valence-electron chi connectivity index (χ1n) is 5.27. The van der Waals surface area contributed by atoms with Gasteiger partial charge >= 0.3 is 0 Å². The van der Waals surface area contributed by atoms with Gasteiger partial charge in [0.2, 0.25) is 0 Å². The van der Waals surface area contributed by atoms with E-state index >= 15 is 0 Å². The average Bonchev–Trinajstić information content (AvgIpc) is 2.30. The fraction of sp³-hybridized carbons (Fsp3) is 0.417. The number of nitriles is 1. The lowest BCUT2D eigenvalue weighted by Gasteiger charge is -2.18. The van der Waals surface area contributed by atoms with Crippen LogP contribution in [0.2, 0.25) is 0 Å². The summed E-state index contributed by atoms with van der Waals surface area (Å²) in [5, 5.41) is 20.9. The quantitative estimate of drug-likeness (QED) is 0.817. The fourth-order valence-corrected chi connectivity index (χ4v) is 2.18. The van der Waals surface area contributed by atoms with Gasteiger partial charge in [-0.2, -0.15) is 17.0 Å². The van der Waals surface area contributed by atoms with Crippen molar-refractivity contribution in [2.24, 2.45) is 0 Å². The third kappa shape index (κ3) is 3.91. The molecule has 1 rings (SSSR count). The number of nitrogens with one attached hydrogen (secondary N) is 1. The summed E-state index contributed by atoms with van der Waals surface area (Å²) < 4.78 is 13.4. The smallest absolute Gasteiger partial charge is 0.143 e. The van der Waals surface area contributed by atoms with E-state index in [1.807, 2.05) is 12.3 Å². The van der Waals surface area contributed by atoms with Crippen molar-refractivity contribution in [3.63, 3.8) is 0 Å². The van der Waals surface area contributed by atoms with Gasteiger partial charge in [0.05, 0.1) is 5.69 Å². The molecular formula is C12H15FN2OS. The van der Waals surface area contributed by atoms with Gasteiger partial charge in [-0.15, -0.1) is 0 Å². The maximum atomic E-state index is 13.4. The molecule has 1 aromatic carbocycles. The van der Waals surface area contributed by atoms with Gasteiger partial charge in [0.15, 0.2) is 0 Å². The Balaban J connectivity index is 2.85. The summed E-state index contributed by atoms with van der Waals surface area (Å²) in [7, 11) is 0. The number of hydrogen-bond acceptors (Lipinski definition) is 4. The second kappa shape index (κ2) is 7.15. The zero-order valence-electron chi connectivity index (χ0n) is 9.61. The lowest BCUT2D eigenvalue weighted by atomic mass is 10.1. The molecule has 0 spiro atoms. The summed E-state index contributed by atoms with van der Waals surface area (Å²) in [5.74, 6) is 0.270. The molecule has 1 atom stereocenters. The summed E-state index contributed by atoms with van der Waals surface area (Å²) in [6, 6.07) is 6.38. The Morgan fingerprint density at radius 3 is 2.94 bits per heavy atom. The van der Waals surface area contributed by atoms with Crippen LogP contribution in [-0.4, -0.2) is 29.8 Å². The zero-order chi connectivity index (χ0) is 12.7. The van der Waals surface area contributed by atoms with Crippen LogP contribution in [0.25, 0.3) is 0 Å². The Hall–Kier alpha value is -1.25. The molecule has 3 nitrogen and oxygen atoms in total. The van der Waals surface area contributed by atoms with Crippen molar-refractivity contribution in [1.29, 1.82) is 5.26 Å². The Kier molecular flexibility index (Phi) is 5.81. The lowest BCUT2D eigenvalue weighted by molar-refractivity contribution is 0.282. The maximum Gasteiger partial charge on any atom is 0.143 e. The summed E-state index contributed by atoms with van der Waals surface area (Å²) in [6.07, 6.45) is 2.53. The van der Waals surface area contributed by atoms with Gasteiger partial charge < -0.3 is 10.4 Å². The molecule has 0 radical (unpaired) electrons. The van der Waals surface area contributed by atoms with Crippen LogP contribution in [0.4, 0.5) is 10.1 Å². The molecule has 0 aliphatic carbocycles. The molecule has 0 aromatic heterocycles. The van der Waals surface area contributed by atoms with E-state index in [-0.39, 0.29) is 18.2 Å². The predicted octanol–water partition coefficient (Wildman–Crippen LogP) is 2.22. The van der Waals surface area contributed by atoms with Crippen molar-refractivity contribution >= 4 is 17.4 Å². The monoisotopic (exact) mass is 254 g/mol. The van der Waals surface area contributed by atoms with Crippen LogP contribution in [-0.2, 0) is 0 Å². The molecule has 0 fully saturated rings. The van der Waals surface area contributed by atoms with E-state index < -0.39 is 5.82 Å². The molecule has 0 bridgehead atoms. The minimum absolute atomic E-state index is 0.0246. The van der Waals surface area contributed by atoms with Gasteiger partial charge in [-0.1, -0.05) is 6.07 Å². The van der Waals surface area contributed by atoms with Crippen LogP contribution in [0.1, 0.15) is 12.0 Å². The minimum atomic E-state index is -0.524. The Bertz CT molecular complexity index is 400. The molecule has 2 N–H and O–H groups in total. The lowest BCUT2D eigenvalue weighted by Crippen LogP contribution is -2.24.